The number of benzene rings is 4. The minimum atomic E-state index is -0.345. The maximum atomic E-state index is 13.0. The fraction of sp³-hybridized carbons (Fsp3) is 0.0909. The number of nitrogens with one attached hydrogen (secondary N) is 1. The van der Waals surface area contributed by atoms with Crippen molar-refractivity contribution in [3.63, 3.8) is 0 Å². The van der Waals surface area contributed by atoms with Crippen LogP contribution >= 0.6 is 0 Å². The minimum Gasteiger partial charge on any atom is -0.497 e. The number of amides is 3. The number of carbonyl (C=O) groups excluding carboxylic acids is 4. The first-order chi connectivity index (χ1) is 19.3. The van der Waals surface area contributed by atoms with Crippen LogP contribution in [0.1, 0.15) is 58.1 Å². The lowest BCUT2D eigenvalue weighted by Crippen LogP contribution is -2.29. The number of ketones is 1. The molecular formula is C33H26N2O5. The molecule has 0 aliphatic carbocycles. The predicted molar refractivity (Wildman–Crippen MR) is 153 cm³/mol. The van der Waals surface area contributed by atoms with Gasteiger partial charge in [0.25, 0.3) is 17.7 Å². The van der Waals surface area contributed by atoms with E-state index >= 15 is 0 Å². The number of allylic oxidation sites excluding steroid dienone is 1. The van der Waals surface area contributed by atoms with Crippen molar-refractivity contribution in [1.82, 2.24) is 4.90 Å². The van der Waals surface area contributed by atoms with E-state index in [1.807, 2.05) is 31.2 Å². The lowest BCUT2D eigenvalue weighted by atomic mass is 10.0. The number of hydrogen-bond donors (Lipinski definition) is 1. The molecule has 5 rings (SSSR count). The molecule has 0 atom stereocenters. The first-order valence-corrected chi connectivity index (χ1v) is 12.7. The molecule has 1 heterocycles. The van der Waals surface area contributed by atoms with E-state index in [1.54, 1.807) is 79.9 Å². The highest BCUT2D eigenvalue weighted by atomic mass is 16.5. The summed E-state index contributed by atoms with van der Waals surface area (Å²) in [6, 6.07) is 25.9. The Morgan fingerprint density at radius 1 is 0.825 bits per heavy atom. The molecule has 0 saturated heterocycles. The predicted octanol–water partition coefficient (Wildman–Crippen LogP) is 5.95. The molecule has 7 heteroatoms. The molecule has 0 fully saturated rings. The Morgan fingerprint density at radius 3 is 2.08 bits per heavy atom. The largest absolute Gasteiger partial charge is 0.497 e. The topological polar surface area (TPSA) is 92.8 Å². The fourth-order valence-corrected chi connectivity index (χ4v) is 4.44. The van der Waals surface area contributed by atoms with E-state index in [0.29, 0.717) is 33.5 Å². The number of rotatable bonds is 8. The van der Waals surface area contributed by atoms with Crippen molar-refractivity contribution in [2.24, 2.45) is 0 Å². The van der Waals surface area contributed by atoms with E-state index in [1.165, 1.54) is 11.0 Å². The van der Waals surface area contributed by atoms with Crippen LogP contribution < -0.4 is 10.1 Å². The quantitative estimate of drug-likeness (QED) is 0.173. The number of anilines is 1. The van der Waals surface area contributed by atoms with Crippen LogP contribution in [0.15, 0.2) is 97.1 Å². The zero-order valence-corrected chi connectivity index (χ0v) is 22.0. The van der Waals surface area contributed by atoms with Crippen LogP contribution in [0.3, 0.4) is 0 Å². The zero-order chi connectivity index (χ0) is 28.2. The minimum absolute atomic E-state index is 0.0696. The molecule has 3 amide bonds. The maximum absolute atomic E-state index is 13.0. The van der Waals surface area contributed by atoms with Crippen molar-refractivity contribution < 1.29 is 23.9 Å². The molecule has 1 aliphatic rings. The average Bonchev–Trinajstić information content (AvgIpc) is 3.22. The van der Waals surface area contributed by atoms with Crippen molar-refractivity contribution in [3.05, 3.63) is 136 Å². The van der Waals surface area contributed by atoms with Crippen molar-refractivity contribution in [2.45, 2.75) is 13.5 Å². The van der Waals surface area contributed by atoms with E-state index in [9.17, 15) is 19.2 Å². The third-order valence-electron chi connectivity index (χ3n) is 6.79. The van der Waals surface area contributed by atoms with Crippen LogP contribution in [0.25, 0.3) is 6.08 Å². The number of fused-ring (bicyclic) bond motifs is 1. The van der Waals surface area contributed by atoms with Gasteiger partial charge in [-0.15, -0.1) is 0 Å². The number of nitrogens with zero attached hydrogens (tertiary/aromatic N) is 1. The number of carbonyl (C=O) groups is 4. The van der Waals surface area contributed by atoms with Gasteiger partial charge in [-0.3, -0.25) is 24.1 Å². The van der Waals surface area contributed by atoms with Crippen molar-refractivity contribution in [2.75, 3.05) is 12.4 Å². The van der Waals surface area contributed by atoms with Gasteiger partial charge in [-0.05, 0) is 90.4 Å². The Hall–Kier alpha value is -5.30. The molecule has 1 N–H and O–H groups in total. The second-order valence-electron chi connectivity index (χ2n) is 9.39. The molecular weight excluding hydrogens is 504 g/mol. The Kier molecular flexibility index (Phi) is 7.37. The number of methoxy groups -OCH3 is 1. The highest BCUT2D eigenvalue weighted by Gasteiger charge is 2.35. The highest BCUT2D eigenvalue weighted by Crippen LogP contribution is 2.26. The van der Waals surface area contributed by atoms with Gasteiger partial charge in [-0.1, -0.05) is 36.4 Å². The molecule has 0 bridgehead atoms. The van der Waals surface area contributed by atoms with Gasteiger partial charge in [0.05, 0.1) is 24.8 Å². The summed E-state index contributed by atoms with van der Waals surface area (Å²) in [4.78, 5) is 52.4. The Morgan fingerprint density at radius 2 is 1.45 bits per heavy atom. The highest BCUT2D eigenvalue weighted by molar-refractivity contribution is 6.21. The van der Waals surface area contributed by atoms with Crippen molar-refractivity contribution in [1.29, 1.82) is 0 Å². The SMILES string of the molecule is COc1ccc(/C=C/C(=O)c2ccc(NC(=O)c3ccc(C)c(CN4C(=O)c5ccccc5C4=O)c3)cc2)cc1. The van der Waals surface area contributed by atoms with Gasteiger partial charge in [0, 0.05) is 16.8 Å². The third kappa shape index (κ3) is 5.44. The fourth-order valence-electron chi connectivity index (χ4n) is 4.44. The summed E-state index contributed by atoms with van der Waals surface area (Å²) in [5.74, 6) is -0.454. The molecule has 40 heavy (non-hydrogen) atoms. The summed E-state index contributed by atoms with van der Waals surface area (Å²) in [6.07, 6.45) is 3.23. The van der Waals surface area contributed by atoms with Gasteiger partial charge < -0.3 is 10.1 Å². The van der Waals surface area contributed by atoms with Crippen LogP contribution in [0.2, 0.25) is 0 Å². The molecule has 0 spiro atoms. The first-order valence-electron chi connectivity index (χ1n) is 12.7. The second kappa shape index (κ2) is 11.2. The molecule has 1 aliphatic heterocycles. The molecule has 0 radical (unpaired) electrons. The van der Waals surface area contributed by atoms with Crippen LogP contribution in [-0.4, -0.2) is 35.5 Å². The van der Waals surface area contributed by atoms with Crippen LogP contribution in [0, 0.1) is 6.92 Å². The number of imide groups is 1. The molecule has 0 aromatic heterocycles. The van der Waals surface area contributed by atoms with Crippen molar-refractivity contribution in [3.8, 4) is 5.75 Å². The van der Waals surface area contributed by atoms with Gasteiger partial charge >= 0.3 is 0 Å². The van der Waals surface area contributed by atoms with E-state index < -0.39 is 0 Å². The monoisotopic (exact) mass is 530 g/mol. The van der Waals surface area contributed by atoms with Gasteiger partial charge in [-0.25, -0.2) is 0 Å². The van der Waals surface area contributed by atoms with Gasteiger partial charge in [0.2, 0.25) is 0 Å². The first kappa shape index (κ1) is 26.3. The summed E-state index contributed by atoms with van der Waals surface area (Å²) in [5, 5.41) is 2.84. The zero-order valence-electron chi connectivity index (χ0n) is 22.0. The summed E-state index contributed by atoms with van der Waals surface area (Å²) < 4.78 is 5.14. The van der Waals surface area contributed by atoms with Gasteiger partial charge in [0.15, 0.2) is 5.78 Å². The molecule has 0 saturated carbocycles. The molecule has 4 aromatic rings. The number of hydrogen-bond acceptors (Lipinski definition) is 5. The molecule has 4 aromatic carbocycles. The van der Waals surface area contributed by atoms with Gasteiger partial charge in [0.1, 0.15) is 5.75 Å². The normalized spacial score (nSPS) is 12.5. The average molecular weight is 531 g/mol. The lowest BCUT2D eigenvalue weighted by molar-refractivity contribution is 0.0641. The van der Waals surface area contributed by atoms with E-state index in [2.05, 4.69) is 5.32 Å². The van der Waals surface area contributed by atoms with E-state index in [4.69, 9.17) is 4.74 Å². The summed E-state index contributed by atoms with van der Waals surface area (Å²) in [7, 11) is 1.60. The molecule has 0 unspecified atom stereocenters. The van der Waals surface area contributed by atoms with Gasteiger partial charge in [-0.2, -0.15) is 0 Å². The van der Waals surface area contributed by atoms with E-state index in [-0.39, 0.29) is 30.0 Å². The van der Waals surface area contributed by atoms with E-state index in [0.717, 1.165) is 16.9 Å². The van der Waals surface area contributed by atoms with Crippen LogP contribution in [0.4, 0.5) is 5.69 Å². The Labute approximate surface area is 231 Å². The standard InChI is InChI=1S/C33H26N2O5/c1-21-7-11-24(19-25(21)20-35-32(38)28-5-3-4-6-29(28)33(35)39)31(37)34-26-14-12-23(13-15-26)30(36)18-10-22-8-16-27(40-2)17-9-22/h3-19H,20H2,1-2H3,(H,34,37)/b18-10+. The summed E-state index contributed by atoms with van der Waals surface area (Å²) in [5.41, 5.74) is 4.61. The third-order valence-corrected chi connectivity index (χ3v) is 6.79. The second-order valence-corrected chi connectivity index (χ2v) is 9.39. The molecule has 7 nitrogen and oxygen atoms in total. The lowest BCUT2D eigenvalue weighted by Gasteiger charge is -2.16. The maximum Gasteiger partial charge on any atom is 0.261 e. The number of aryl methyl sites for hydroxylation is 1. The smallest absolute Gasteiger partial charge is 0.261 e. The van der Waals surface area contributed by atoms with Crippen LogP contribution in [0.5, 0.6) is 5.75 Å². The summed E-state index contributed by atoms with van der Waals surface area (Å²) in [6.45, 7) is 1.94. The molecule has 198 valence electrons. The summed E-state index contributed by atoms with van der Waals surface area (Å²) >= 11 is 0. The Bertz CT molecular complexity index is 1620. The number of ether oxygens (including phenoxy) is 1. The van der Waals surface area contributed by atoms with Crippen molar-refractivity contribution >= 4 is 35.3 Å². The van der Waals surface area contributed by atoms with Crippen LogP contribution in [-0.2, 0) is 6.54 Å². The Balaban J connectivity index is 1.24.